The smallest absolute Gasteiger partial charge is 0.322 e. The molecule has 2 aliphatic heterocycles. The molecule has 0 aromatic heterocycles. The summed E-state index contributed by atoms with van der Waals surface area (Å²) in [5.41, 5.74) is 0. The maximum atomic E-state index is 11.9. The van der Waals surface area contributed by atoms with Gasteiger partial charge in [0.25, 0.3) is 5.91 Å². The average Bonchev–Trinajstić information content (AvgIpc) is 3.06. The van der Waals surface area contributed by atoms with Crippen LogP contribution in [0.25, 0.3) is 0 Å². The minimum absolute atomic E-state index is 0.0402. The zero-order valence-corrected chi connectivity index (χ0v) is 11.4. The molecular formula is C13H20N4O3. The van der Waals surface area contributed by atoms with Crippen LogP contribution in [0.5, 0.6) is 0 Å². The lowest BCUT2D eigenvalue weighted by molar-refractivity contribution is -0.122. The maximum absolute atomic E-state index is 11.9. The van der Waals surface area contributed by atoms with Gasteiger partial charge in [-0.3, -0.25) is 19.8 Å². The Bertz CT molecular complexity index is 435. The van der Waals surface area contributed by atoms with Gasteiger partial charge >= 0.3 is 6.03 Å². The molecule has 1 aliphatic carbocycles. The molecule has 0 radical (unpaired) electrons. The van der Waals surface area contributed by atoms with Gasteiger partial charge in [0.05, 0.1) is 0 Å². The van der Waals surface area contributed by atoms with Crippen LogP contribution in [-0.2, 0) is 9.59 Å². The molecule has 0 bridgehead atoms. The Labute approximate surface area is 117 Å². The van der Waals surface area contributed by atoms with Gasteiger partial charge < -0.3 is 10.6 Å². The van der Waals surface area contributed by atoms with Crippen molar-refractivity contribution in [3.8, 4) is 0 Å². The number of rotatable bonds is 5. The molecule has 20 heavy (non-hydrogen) atoms. The summed E-state index contributed by atoms with van der Waals surface area (Å²) in [7, 11) is 0. The minimum Gasteiger partial charge on any atom is -0.352 e. The van der Waals surface area contributed by atoms with E-state index in [0.717, 1.165) is 25.6 Å². The van der Waals surface area contributed by atoms with Crippen molar-refractivity contribution in [3.05, 3.63) is 0 Å². The second-order valence-electron chi connectivity index (χ2n) is 5.83. The number of likely N-dealkylation sites (tertiary alicyclic amines) is 1. The van der Waals surface area contributed by atoms with Gasteiger partial charge in [-0.1, -0.05) is 0 Å². The first-order chi connectivity index (χ1) is 9.61. The van der Waals surface area contributed by atoms with Gasteiger partial charge in [-0.15, -0.1) is 0 Å². The van der Waals surface area contributed by atoms with E-state index in [1.807, 2.05) is 0 Å². The summed E-state index contributed by atoms with van der Waals surface area (Å²) in [5.74, 6) is -0.384. The van der Waals surface area contributed by atoms with Crippen molar-refractivity contribution in [2.45, 2.75) is 50.2 Å². The molecule has 7 nitrogen and oxygen atoms in total. The SMILES string of the molecule is O=C(CCC1NC(=O)NC1=O)NC1CCN(C2CC2)C1. The van der Waals surface area contributed by atoms with Gasteiger partial charge in [0.15, 0.2) is 0 Å². The van der Waals surface area contributed by atoms with Crippen LogP contribution in [0.4, 0.5) is 4.79 Å². The topological polar surface area (TPSA) is 90.5 Å². The van der Waals surface area contributed by atoms with Crippen LogP contribution in [0.1, 0.15) is 32.1 Å². The lowest BCUT2D eigenvalue weighted by Gasteiger charge is -2.16. The Kier molecular flexibility index (Phi) is 3.60. The molecule has 110 valence electrons. The second kappa shape index (κ2) is 5.40. The van der Waals surface area contributed by atoms with Crippen LogP contribution in [0.15, 0.2) is 0 Å². The summed E-state index contributed by atoms with van der Waals surface area (Å²) in [6.45, 7) is 2.01. The fourth-order valence-electron chi connectivity index (χ4n) is 2.91. The monoisotopic (exact) mass is 280 g/mol. The Hall–Kier alpha value is -1.63. The first-order valence-corrected chi connectivity index (χ1v) is 7.26. The van der Waals surface area contributed by atoms with E-state index in [1.54, 1.807) is 0 Å². The predicted octanol–water partition coefficient (Wildman–Crippen LogP) is -0.672. The number of hydrogen-bond donors (Lipinski definition) is 3. The molecule has 3 rings (SSSR count). The molecular weight excluding hydrogens is 260 g/mol. The molecule has 2 atom stereocenters. The van der Waals surface area contributed by atoms with Crippen LogP contribution >= 0.6 is 0 Å². The number of nitrogens with one attached hydrogen (secondary N) is 3. The summed E-state index contributed by atoms with van der Waals surface area (Å²) in [5, 5.41) is 7.67. The molecule has 7 heteroatoms. The maximum Gasteiger partial charge on any atom is 0.322 e. The Morgan fingerprint density at radius 2 is 2.10 bits per heavy atom. The third-order valence-corrected chi connectivity index (χ3v) is 4.17. The van der Waals surface area contributed by atoms with Crippen molar-refractivity contribution in [3.63, 3.8) is 0 Å². The fraction of sp³-hybridized carbons (Fsp3) is 0.769. The number of imide groups is 1. The largest absolute Gasteiger partial charge is 0.352 e. The molecule has 3 N–H and O–H groups in total. The molecule has 2 unspecified atom stereocenters. The van der Waals surface area contributed by atoms with Gasteiger partial charge in [0, 0.05) is 31.6 Å². The molecule has 2 saturated heterocycles. The van der Waals surface area contributed by atoms with Crippen molar-refractivity contribution < 1.29 is 14.4 Å². The zero-order valence-electron chi connectivity index (χ0n) is 11.4. The van der Waals surface area contributed by atoms with E-state index in [0.29, 0.717) is 6.42 Å². The summed E-state index contributed by atoms with van der Waals surface area (Å²) < 4.78 is 0. The molecule has 3 aliphatic rings. The lowest BCUT2D eigenvalue weighted by atomic mass is 10.1. The van der Waals surface area contributed by atoms with E-state index < -0.39 is 12.1 Å². The summed E-state index contributed by atoms with van der Waals surface area (Å²) in [6.07, 6.45) is 4.19. The standard InChI is InChI=1S/C13H20N4O3/c18-11(4-3-10-12(19)16-13(20)15-10)14-8-5-6-17(7-8)9-1-2-9/h8-10H,1-7H2,(H,14,18)(H2,15,16,19,20). The zero-order chi connectivity index (χ0) is 14.1. The van der Waals surface area contributed by atoms with Gasteiger partial charge in [0.1, 0.15) is 6.04 Å². The van der Waals surface area contributed by atoms with E-state index in [1.165, 1.54) is 12.8 Å². The van der Waals surface area contributed by atoms with Crippen LogP contribution in [0.2, 0.25) is 0 Å². The quantitative estimate of drug-likeness (QED) is 0.582. The molecule has 0 spiro atoms. The normalized spacial score (nSPS) is 30.2. The molecule has 0 aromatic rings. The highest BCUT2D eigenvalue weighted by Crippen LogP contribution is 2.29. The van der Waals surface area contributed by atoms with Crippen molar-refractivity contribution in [2.24, 2.45) is 0 Å². The Balaban J connectivity index is 1.37. The molecule has 1 saturated carbocycles. The van der Waals surface area contributed by atoms with Crippen LogP contribution < -0.4 is 16.0 Å². The minimum atomic E-state index is -0.570. The van der Waals surface area contributed by atoms with E-state index >= 15 is 0 Å². The highest BCUT2D eigenvalue weighted by atomic mass is 16.2. The Morgan fingerprint density at radius 1 is 1.30 bits per heavy atom. The number of nitrogens with zero attached hydrogens (tertiary/aromatic N) is 1. The van der Waals surface area contributed by atoms with Gasteiger partial charge in [0.2, 0.25) is 5.91 Å². The number of carbonyl (C=O) groups excluding carboxylic acids is 3. The highest BCUT2D eigenvalue weighted by molar-refractivity contribution is 6.04. The van der Waals surface area contributed by atoms with Crippen LogP contribution in [-0.4, -0.2) is 54.0 Å². The van der Waals surface area contributed by atoms with Gasteiger partial charge in [-0.05, 0) is 25.7 Å². The first kappa shape index (κ1) is 13.4. The number of urea groups is 1. The molecule has 0 aromatic carbocycles. The molecule has 3 fully saturated rings. The summed E-state index contributed by atoms with van der Waals surface area (Å²) >= 11 is 0. The lowest BCUT2D eigenvalue weighted by Crippen LogP contribution is -2.38. The Morgan fingerprint density at radius 3 is 2.75 bits per heavy atom. The van der Waals surface area contributed by atoms with Crippen LogP contribution in [0.3, 0.4) is 0 Å². The second-order valence-corrected chi connectivity index (χ2v) is 5.83. The molecule has 2 heterocycles. The van der Waals surface area contributed by atoms with E-state index in [4.69, 9.17) is 0 Å². The highest BCUT2D eigenvalue weighted by Gasteiger charge is 2.35. The number of hydrogen-bond acceptors (Lipinski definition) is 4. The predicted molar refractivity (Wildman–Crippen MR) is 70.8 cm³/mol. The van der Waals surface area contributed by atoms with Gasteiger partial charge in [-0.25, -0.2) is 4.79 Å². The van der Waals surface area contributed by atoms with Crippen molar-refractivity contribution >= 4 is 17.8 Å². The number of amides is 4. The summed E-state index contributed by atoms with van der Waals surface area (Å²) in [4.78, 5) is 36.6. The van der Waals surface area contributed by atoms with Gasteiger partial charge in [-0.2, -0.15) is 0 Å². The first-order valence-electron chi connectivity index (χ1n) is 7.26. The van der Waals surface area contributed by atoms with E-state index in [9.17, 15) is 14.4 Å². The average molecular weight is 280 g/mol. The van der Waals surface area contributed by atoms with Crippen molar-refractivity contribution in [1.29, 1.82) is 0 Å². The van der Waals surface area contributed by atoms with Crippen molar-refractivity contribution in [1.82, 2.24) is 20.9 Å². The third kappa shape index (κ3) is 3.09. The molecule has 4 amide bonds. The van der Waals surface area contributed by atoms with Crippen LogP contribution in [0, 0.1) is 0 Å². The van der Waals surface area contributed by atoms with Crippen molar-refractivity contribution in [2.75, 3.05) is 13.1 Å². The fourth-order valence-corrected chi connectivity index (χ4v) is 2.91. The third-order valence-electron chi connectivity index (χ3n) is 4.17. The van der Waals surface area contributed by atoms with E-state index in [-0.39, 0.29) is 24.3 Å². The van der Waals surface area contributed by atoms with E-state index in [2.05, 4.69) is 20.9 Å². The summed E-state index contributed by atoms with van der Waals surface area (Å²) in [6, 6.07) is -0.0690. The number of carbonyl (C=O) groups is 3.